The van der Waals surface area contributed by atoms with Crippen molar-refractivity contribution in [3.8, 4) is 0 Å². The molecule has 0 fully saturated rings. The van der Waals surface area contributed by atoms with E-state index in [1.807, 2.05) is 0 Å². The first-order chi connectivity index (χ1) is 4.93. The van der Waals surface area contributed by atoms with Crippen LogP contribution >= 0.6 is 9.24 Å². The van der Waals surface area contributed by atoms with Gasteiger partial charge < -0.3 is 0 Å². The number of hydrogen-bond acceptors (Lipinski definition) is 0. The Hall–Kier alpha value is 0.169. The predicted molar refractivity (Wildman–Crippen MR) is 51.2 cm³/mol. The van der Waals surface area contributed by atoms with Gasteiger partial charge in [0.15, 0.2) is 0 Å². The van der Waals surface area contributed by atoms with Crippen LogP contribution in [0.25, 0.3) is 0 Å². The van der Waals surface area contributed by atoms with Crippen molar-refractivity contribution < 1.29 is 0 Å². The molecule has 0 aliphatic carbocycles. The number of rotatable bonds is 3. The number of benzene rings is 1. The molecule has 1 unspecified atom stereocenters. The molecule has 10 heavy (non-hydrogen) atoms. The second-order valence-corrected chi connectivity index (χ2v) is 4.98. The Morgan fingerprint density at radius 2 is 1.90 bits per heavy atom. The third-order valence-electron chi connectivity index (χ3n) is 1.13. The Balaban J connectivity index is 2.43. The van der Waals surface area contributed by atoms with E-state index < -0.39 is 0 Å². The molecule has 1 rings (SSSR count). The van der Waals surface area contributed by atoms with Crippen LogP contribution in [0.15, 0.2) is 30.3 Å². The summed E-state index contributed by atoms with van der Waals surface area (Å²) in [7, 11) is 2.77. The van der Waals surface area contributed by atoms with Gasteiger partial charge in [0.25, 0.3) is 0 Å². The maximum atomic E-state index is 2.77. The van der Waals surface area contributed by atoms with E-state index in [2.05, 4.69) is 39.6 Å². The molecular weight excluding hydrogens is 206 g/mol. The first-order valence-corrected chi connectivity index (χ1v) is 6.20. The second-order valence-electron chi connectivity index (χ2n) is 1.95. The first-order valence-electron chi connectivity index (χ1n) is 3.31. The molecule has 0 aliphatic heterocycles. The van der Waals surface area contributed by atoms with Crippen LogP contribution in [0.1, 0.15) is 0 Å². The molecule has 0 saturated heterocycles. The van der Waals surface area contributed by atoms with Crippen molar-refractivity contribution in [2.45, 2.75) is 5.32 Å². The zero-order chi connectivity index (χ0) is 7.23. The molecule has 1 aromatic rings. The number of hydrogen-bond donors (Lipinski definition) is 0. The van der Waals surface area contributed by atoms with Gasteiger partial charge in [-0.3, -0.25) is 0 Å². The predicted octanol–water partition coefficient (Wildman–Crippen LogP) is 1.31. The van der Waals surface area contributed by atoms with Crippen LogP contribution in [0.3, 0.4) is 0 Å². The van der Waals surface area contributed by atoms with Gasteiger partial charge in [-0.1, -0.05) is 0 Å². The average molecular weight is 217 g/mol. The summed E-state index contributed by atoms with van der Waals surface area (Å²) in [6.45, 7) is 0. The Morgan fingerprint density at radius 3 is 2.50 bits per heavy atom. The van der Waals surface area contributed by atoms with Crippen LogP contribution in [0.4, 0.5) is 0 Å². The second kappa shape index (κ2) is 4.91. The molecule has 54 valence electrons. The minimum absolute atomic E-state index is 0.697. The van der Waals surface area contributed by atoms with Crippen molar-refractivity contribution in [2.75, 3.05) is 6.16 Å². The third-order valence-corrected chi connectivity index (χ3v) is 4.55. The van der Waals surface area contributed by atoms with Crippen LogP contribution in [-0.4, -0.2) is 21.1 Å². The maximum absolute atomic E-state index is 2.77. The molecule has 2 heteroatoms. The van der Waals surface area contributed by atoms with Gasteiger partial charge in [-0.25, -0.2) is 0 Å². The normalized spacial score (nSPS) is 9.70. The Labute approximate surface area is 70.8 Å². The Kier molecular flexibility index (Phi) is 4.06. The summed E-state index contributed by atoms with van der Waals surface area (Å²) in [5.41, 5.74) is 0. The molecule has 0 aliphatic rings. The van der Waals surface area contributed by atoms with E-state index in [0.717, 1.165) is 0 Å². The van der Waals surface area contributed by atoms with Crippen molar-refractivity contribution >= 4 is 28.7 Å². The summed E-state index contributed by atoms with van der Waals surface area (Å²) in [6, 6.07) is 10.7. The summed E-state index contributed by atoms with van der Waals surface area (Å²) in [5.74, 6) is 0. The third kappa shape index (κ3) is 2.84. The van der Waals surface area contributed by atoms with Crippen molar-refractivity contribution in [3.05, 3.63) is 30.3 Å². The summed E-state index contributed by atoms with van der Waals surface area (Å²) in [4.78, 5) is 0. The average Bonchev–Trinajstić information content (AvgIpc) is 2.03. The van der Waals surface area contributed by atoms with Crippen molar-refractivity contribution in [2.24, 2.45) is 0 Å². The molecule has 0 spiro atoms. The first kappa shape index (κ1) is 8.27. The van der Waals surface area contributed by atoms with Crippen molar-refractivity contribution in [1.82, 2.24) is 0 Å². The molecule has 0 radical (unpaired) electrons. The van der Waals surface area contributed by atoms with Crippen molar-refractivity contribution in [3.63, 3.8) is 0 Å². The molecule has 0 nitrogen and oxygen atoms in total. The fraction of sp³-hybridized carbons (Fsp3) is 0.250. The van der Waals surface area contributed by atoms with E-state index >= 15 is 0 Å². The van der Waals surface area contributed by atoms with Gasteiger partial charge in [-0.2, -0.15) is 0 Å². The van der Waals surface area contributed by atoms with Crippen LogP contribution in [0.2, 0.25) is 5.32 Å². The molecule has 0 heterocycles. The van der Waals surface area contributed by atoms with E-state index in [1.165, 1.54) is 15.9 Å². The van der Waals surface area contributed by atoms with Crippen LogP contribution in [0, 0.1) is 0 Å². The Bertz CT molecular complexity index is 174. The molecule has 0 saturated carbocycles. The van der Waals surface area contributed by atoms with Crippen molar-refractivity contribution in [1.29, 1.82) is 0 Å². The summed E-state index contributed by atoms with van der Waals surface area (Å²) in [5, 5.41) is 1.34. The van der Waals surface area contributed by atoms with E-state index in [9.17, 15) is 0 Å². The van der Waals surface area contributed by atoms with E-state index in [-0.39, 0.29) is 0 Å². The van der Waals surface area contributed by atoms with Crippen LogP contribution < -0.4 is 4.46 Å². The van der Waals surface area contributed by atoms with Crippen LogP contribution in [-0.2, 0) is 0 Å². The summed E-state index contributed by atoms with van der Waals surface area (Å²) < 4.78 is 1.51. The molecule has 0 bridgehead atoms. The molecule has 1 aromatic carbocycles. The Morgan fingerprint density at radius 1 is 1.20 bits per heavy atom. The monoisotopic (exact) mass is 218 g/mol. The standard InChI is InChI=1S/C8H11PSe/c9-6-7-10-8-4-2-1-3-5-8/h1-5H,6-7,9H2. The van der Waals surface area contributed by atoms with E-state index in [4.69, 9.17) is 0 Å². The molecule has 0 aromatic heterocycles. The molecule has 1 atom stereocenters. The quantitative estimate of drug-likeness (QED) is 0.529. The van der Waals surface area contributed by atoms with Gasteiger partial charge >= 0.3 is 70.5 Å². The fourth-order valence-corrected chi connectivity index (χ4v) is 2.78. The molecule has 0 N–H and O–H groups in total. The minimum atomic E-state index is 0.697. The van der Waals surface area contributed by atoms with Gasteiger partial charge in [0.2, 0.25) is 0 Å². The molecular formula is C8H11PSe. The van der Waals surface area contributed by atoms with Gasteiger partial charge in [-0.05, 0) is 0 Å². The zero-order valence-electron chi connectivity index (χ0n) is 5.79. The molecule has 0 amide bonds. The van der Waals surface area contributed by atoms with E-state index in [1.54, 1.807) is 0 Å². The van der Waals surface area contributed by atoms with Crippen LogP contribution in [0.5, 0.6) is 0 Å². The topological polar surface area (TPSA) is 0 Å². The van der Waals surface area contributed by atoms with Gasteiger partial charge in [0.05, 0.1) is 0 Å². The van der Waals surface area contributed by atoms with Gasteiger partial charge in [-0.15, -0.1) is 0 Å². The SMILES string of the molecule is PCC[Se]c1ccccc1. The van der Waals surface area contributed by atoms with E-state index in [0.29, 0.717) is 15.0 Å². The fourth-order valence-electron chi connectivity index (χ4n) is 0.693. The zero-order valence-corrected chi connectivity index (χ0v) is 8.65. The summed E-state index contributed by atoms with van der Waals surface area (Å²) >= 11 is 0.697. The summed E-state index contributed by atoms with van der Waals surface area (Å²) in [6.07, 6.45) is 1.23. The van der Waals surface area contributed by atoms with Gasteiger partial charge in [0.1, 0.15) is 0 Å². The van der Waals surface area contributed by atoms with Gasteiger partial charge in [0, 0.05) is 0 Å².